The zero-order valence-electron chi connectivity index (χ0n) is 22.1. The van der Waals surface area contributed by atoms with Gasteiger partial charge in [0.2, 0.25) is 5.75 Å². The van der Waals surface area contributed by atoms with Crippen LogP contribution in [0.1, 0.15) is 40.1 Å². The van der Waals surface area contributed by atoms with E-state index in [9.17, 15) is 9.59 Å². The lowest BCUT2D eigenvalue weighted by molar-refractivity contribution is 0.0471. The summed E-state index contributed by atoms with van der Waals surface area (Å²) >= 11 is 0. The van der Waals surface area contributed by atoms with Gasteiger partial charge in [-0.15, -0.1) is 0 Å². The molecule has 0 bridgehead atoms. The van der Waals surface area contributed by atoms with E-state index in [2.05, 4.69) is 5.32 Å². The molecule has 3 aromatic carbocycles. The quantitative estimate of drug-likeness (QED) is 0.263. The highest BCUT2D eigenvalue weighted by Gasteiger charge is 2.22. The number of para-hydroxylation sites is 1. The van der Waals surface area contributed by atoms with E-state index in [-0.39, 0.29) is 18.1 Å². The van der Waals surface area contributed by atoms with Crippen molar-refractivity contribution in [3.05, 3.63) is 77.4 Å². The van der Waals surface area contributed by atoms with Crippen LogP contribution in [0, 0.1) is 5.92 Å². The molecule has 0 saturated heterocycles. The molecule has 0 aliphatic rings. The number of rotatable bonds is 10. The molecule has 198 valence electrons. The molecule has 0 radical (unpaired) electrons. The van der Waals surface area contributed by atoms with Gasteiger partial charge in [-0.25, -0.2) is 4.79 Å². The van der Waals surface area contributed by atoms with E-state index in [0.717, 1.165) is 16.5 Å². The molecule has 8 heteroatoms. The van der Waals surface area contributed by atoms with E-state index >= 15 is 0 Å². The molecule has 0 saturated carbocycles. The number of ether oxygens (including phenoxy) is 4. The minimum atomic E-state index is -0.533. The van der Waals surface area contributed by atoms with Gasteiger partial charge in [-0.3, -0.25) is 4.79 Å². The third kappa shape index (κ3) is 5.59. The van der Waals surface area contributed by atoms with Crippen LogP contribution < -0.4 is 19.5 Å². The van der Waals surface area contributed by atoms with Crippen molar-refractivity contribution in [2.24, 2.45) is 5.92 Å². The van der Waals surface area contributed by atoms with Gasteiger partial charge in [0.05, 0.1) is 32.5 Å². The van der Waals surface area contributed by atoms with E-state index in [1.807, 2.05) is 62.4 Å². The van der Waals surface area contributed by atoms with Crippen molar-refractivity contribution < 1.29 is 33.0 Å². The van der Waals surface area contributed by atoms with E-state index in [4.69, 9.17) is 23.4 Å². The average molecular weight is 518 g/mol. The molecule has 8 nitrogen and oxygen atoms in total. The summed E-state index contributed by atoms with van der Waals surface area (Å²) in [5.41, 5.74) is 2.94. The number of fused-ring (bicyclic) bond motifs is 1. The minimum Gasteiger partial charge on any atom is -0.493 e. The number of hydrogen-bond donors (Lipinski definition) is 1. The summed E-state index contributed by atoms with van der Waals surface area (Å²) in [7, 11) is 4.46. The van der Waals surface area contributed by atoms with Crippen molar-refractivity contribution in [2.45, 2.75) is 20.5 Å². The Kier molecular flexibility index (Phi) is 8.21. The van der Waals surface area contributed by atoms with Crippen LogP contribution in [0.15, 0.2) is 65.1 Å². The van der Waals surface area contributed by atoms with Gasteiger partial charge in [-0.1, -0.05) is 56.3 Å². The van der Waals surface area contributed by atoms with Gasteiger partial charge in [0.15, 0.2) is 11.5 Å². The first-order valence-electron chi connectivity index (χ1n) is 12.2. The van der Waals surface area contributed by atoms with Crippen LogP contribution in [0.4, 0.5) is 0 Å². The summed E-state index contributed by atoms with van der Waals surface area (Å²) in [5.74, 6) is 1.22. The summed E-state index contributed by atoms with van der Waals surface area (Å²) in [5, 5.41) is 3.74. The number of amides is 1. The highest BCUT2D eigenvalue weighted by atomic mass is 16.5. The molecular weight excluding hydrogens is 486 g/mol. The number of esters is 1. The fourth-order valence-corrected chi connectivity index (χ4v) is 4.04. The van der Waals surface area contributed by atoms with Crippen molar-refractivity contribution >= 4 is 22.8 Å². The fourth-order valence-electron chi connectivity index (χ4n) is 4.04. The molecule has 1 amide bonds. The summed E-state index contributed by atoms with van der Waals surface area (Å²) in [4.78, 5) is 25.8. The Morgan fingerprint density at radius 3 is 2.16 bits per heavy atom. The zero-order valence-corrected chi connectivity index (χ0v) is 22.1. The van der Waals surface area contributed by atoms with E-state index < -0.39 is 5.97 Å². The van der Waals surface area contributed by atoms with Crippen LogP contribution in [-0.4, -0.2) is 39.8 Å². The number of carbonyl (C=O) groups excluding carboxylic acids is 2. The lowest BCUT2D eigenvalue weighted by Crippen LogP contribution is -2.27. The number of methoxy groups -OCH3 is 3. The lowest BCUT2D eigenvalue weighted by Gasteiger charge is -2.14. The van der Waals surface area contributed by atoms with Gasteiger partial charge < -0.3 is 28.7 Å². The summed E-state index contributed by atoms with van der Waals surface area (Å²) in [6.07, 6.45) is 0. The predicted molar refractivity (Wildman–Crippen MR) is 144 cm³/mol. The van der Waals surface area contributed by atoms with Gasteiger partial charge in [0, 0.05) is 17.5 Å². The highest BCUT2D eigenvalue weighted by Crippen LogP contribution is 2.38. The predicted octanol–water partition coefficient (Wildman–Crippen LogP) is 5.87. The molecule has 0 aliphatic carbocycles. The molecule has 0 unspecified atom stereocenters. The molecule has 0 spiro atoms. The third-order valence-electron chi connectivity index (χ3n) is 5.98. The molecule has 1 aromatic heterocycles. The van der Waals surface area contributed by atoms with Crippen LogP contribution in [0.2, 0.25) is 0 Å². The molecule has 4 aromatic rings. The fraction of sp³-hybridized carbons (Fsp3) is 0.267. The molecular formula is C30H31NO7. The van der Waals surface area contributed by atoms with E-state index in [1.165, 1.54) is 21.3 Å². The Balaban J connectivity index is 1.53. The Labute approximate surface area is 221 Å². The molecule has 38 heavy (non-hydrogen) atoms. The van der Waals surface area contributed by atoms with Crippen LogP contribution in [-0.2, 0) is 11.3 Å². The Morgan fingerprint density at radius 2 is 1.55 bits per heavy atom. The Hall–Kier alpha value is -4.46. The van der Waals surface area contributed by atoms with Crippen LogP contribution >= 0.6 is 0 Å². The van der Waals surface area contributed by atoms with Gasteiger partial charge in [-0.05, 0) is 29.7 Å². The van der Waals surface area contributed by atoms with Crippen LogP contribution in [0.25, 0.3) is 22.3 Å². The van der Waals surface area contributed by atoms with E-state index in [0.29, 0.717) is 46.6 Å². The third-order valence-corrected chi connectivity index (χ3v) is 5.98. The number of benzene rings is 3. The molecule has 0 fully saturated rings. The number of hydrogen-bond acceptors (Lipinski definition) is 7. The Bertz CT molecular complexity index is 1410. The van der Waals surface area contributed by atoms with Crippen molar-refractivity contribution in [1.29, 1.82) is 0 Å². The van der Waals surface area contributed by atoms with Gasteiger partial charge in [-0.2, -0.15) is 0 Å². The van der Waals surface area contributed by atoms with Gasteiger partial charge in [0.1, 0.15) is 18.0 Å². The molecule has 1 N–H and O–H groups in total. The van der Waals surface area contributed by atoms with Crippen LogP contribution in [0.5, 0.6) is 17.2 Å². The molecule has 0 aliphatic heterocycles. The highest BCUT2D eigenvalue weighted by molar-refractivity contribution is 6.11. The normalized spacial score (nSPS) is 10.9. The maximum absolute atomic E-state index is 13.1. The van der Waals surface area contributed by atoms with Crippen molar-refractivity contribution in [3.63, 3.8) is 0 Å². The van der Waals surface area contributed by atoms with E-state index in [1.54, 1.807) is 12.1 Å². The number of furan rings is 1. The second-order valence-electron chi connectivity index (χ2n) is 9.09. The monoisotopic (exact) mass is 517 g/mol. The molecule has 4 rings (SSSR count). The van der Waals surface area contributed by atoms with Gasteiger partial charge in [0.25, 0.3) is 5.91 Å². The smallest absolute Gasteiger partial charge is 0.338 e. The standard InChI is InChI=1S/C30H31NO7/c1-18(2)16-31-29(32)26-22-8-6-7-9-23(22)38-27(26)20-12-10-19(11-13-20)17-37-30(33)21-14-24(34-3)28(36-5)25(15-21)35-4/h6-15,18H,16-17H2,1-5H3,(H,31,32). The van der Waals surface area contributed by atoms with Crippen LogP contribution in [0.3, 0.4) is 0 Å². The summed E-state index contributed by atoms with van der Waals surface area (Å²) < 4.78 is 27.5. The summed E-state index contributed by atoms with van der Waals surface area (Å²) in [6, 6.07) is 17.9. The first-order chi connectivity index (χ1) is 18.4. The van der Waals surface area contributed by atoms with Crippen molar-refractivity contribution in [1.82, 2.24) is 5.32 Å². The van der Waals surface area contributed by atoms with Gasteiger partial charge >= 0.3 is 5.97 Å². The average Bonchev–Trinajstić information content (AvgIpc) is 3.33. The largest absolute Gasteiger partial charge is 0.493 e. The summed E-state index contributed by atoms with van der Waals surface area (Å²) in [6.45, 7) is 4.70. The second kappa shape index (κ2) is 11.7. The van der Waals surface area contributed by atoms with Crippen molar-refractivity contribution in [2.75, 3.05) is 27.9 Å². The second-order valence-corrected chi connectivity index (χ2v) is 9.09. The first-order valence-corrected chi connectivity index (χ1v) is 12.2. The zero-order chi connectivity index (χ0) is 27.2. The minimum absolute atomic E-state index is 0.0532. The maximum Gasteiger partial charge on any atom is 0.338 e. The Morgan fingerprint density at radius 1 is 0.895 bits per heavy atom. The number of carbonyl (C=O) groups is 2. The van der Waals surface area contributed by atoms with Crippen molar-refractivity contribution in [3.8, 4) is 28.6 Å². The SMILES string of the molecule is COc1cc(C(=O)OCc2ccc(-c3oc4ccccc4c3C(=O)NCC(C)C)cc2)cc(OC)c1OC. The lowest BCUT2D eigenvalue weighted by atomic mass is 10.0. The first kappa shape index (κ1) is 26.6. The maximum atomic E-state index is 13.1. The topological polar surface area (TPSA) is 96.2 Å². The molecule has 1 heterocycles. The molecule has 0 atom stereocenters. The number of nitrogens with one attached hydrogen (secondary N) is 1.